The number of aromatic nitrogens is 6. The summed E-state index contributed by atoms with van der Waals surface area (Å²) >= 11 is 0. The Bertz CT molecular complexity index is 7270. The van der Waals surface area contributed by atoms with Gasteiger partial charge in [-0.25, -0.2) is 0 Å². The van der Waals surface area contributed by atoms with Gasteiger partial charge in [-0.15, -0.1) is 213 Å². The van der Waals surface area contributed by atoms with Crippen LogP contribution in [-0.2, 0) is 109 Å². The van der Waals surface area contributed by atoms with Crippen molar-refractivity contribution in [1.82, 2.24) is 29.9 Å². The minimum absolute atomic E-state index is 0. The molecule has 14 heteroatoms. The summed E-state index contributed by atoms with van der Waals surface area (Å²) in [6.45, 7) is 35.0. The second-order valence-electron chi connectivity index (χ2n) is 38.9. The van der Waals surface area contributed by atoms with Crippen LogP contribution < -0.4 is 0 Å². The molecule has 0 aliphatic rings. The number of aliphatic hydroxyl groups is 2. The molecular weight excluding hydrogens is 2540 g/mol. The molecule has 18 aromatic rings. The van der Waals surface area contributed by atoms with Crippen LogP contribution in [0, 0.1) is 128 Å². The number of carbonyl (C=O) groups excluding carboxylic acids is 2. The third kappa shape index (κ3) is 41.2. The third-order valence-electron chi connectivity index (χ3n) is 22.9. The second-order valence-corrected chi connectivity index (χ2v) is 38.9. The smallest absolute Gasteiger partial charge is 0.159 e. The van der Waals surface area contributed by atoms with Gasteiger partial charge in [-0.1, -0.05) is 278 Å². The molecule has 0 saturated carbocycles. The van der Waals surface area contributed by atoms with Crippen LogP contribution >= 0.6 is 0 Å². The van der Waals surface area contributed by atoms with Crippen molar-refractivity contribution in [1.29, 1.82) is 0 Å². The fourth-order valence-corrected chi connectivity index (χ4v) is 16.3. The Kier molecular flexibility index (Phi) is 47.5. The van der Waals surface area contributed by atoms with Crippen LogP contribution in [0.2, 0.25) is 0 Å². The van der Waals surface area contributed by atoms with Gasteiger partial charge in [-0.05, 0) is 234 Å². The summed E-state index contributed by atoms with van der Waals surface area (Å²) in [5.41, 5.74) is 36.3. The summed E-state index contributed by atoms with van der Waals surface area (Å²) in [7, 11) is 0. The van der Waals surface area contributed by atoms with Crippen LogP contribution in [0.3, 0.4) is 0 Å². The summed E-state index contributed by atoms with van der Waals surface area (Å²) in [6, 6.07) is 126. The Hall–Kier alpha value is -12.9. The van der Waals surface area contributed by atoms with Gasteiger partial charge in [0.05, 0.1) is 22.6 Å². The zero-order valence-corrected chi connectivity index (χ0v) is 98.2. The van der Waals surface area contributed by atoms with E-state index in [1.165, 1.54) is 127 Å². The molecule has 12 aromatic carbocycles. The predicted molar refractivity (Wildman–Crippen MR) is 608 cm³/mol. The van der Waals surface area contributed by atoms with Crippen molar-refractivity contribution in [2.75, 3.05) is 0 Å². The van der Waals surface area contributed by atoms with E-state index in [1.54, 1.807) is 30.3 Å². The van der Waals surface area contributed by atoms with Gasteiger partial charge >= 0.3 is 0 Å². The molecule has 6 heterocycles. The molecule has 0 fully saturated rings. The minimum Gasteiger partial charge on any atom is -0.512 e. The molecule has 6 aromatic heterocycles. The number of aryl methyl sites for hydroxylation is 9. The number of pyridine rings is 6. The van der Waals surface area contributed by atoms with Crippen molar-refractivity contribution in [3.05, 3.63) is 467 Å². The van der Waals surface area contributed by atoms with Crippen LogP contribution in [0.5, 0.6) is 0 Å². The summed E-state index contributed by atoms with van der Waals surface area (Å²) in [4.78, 5) is 48.4. The molecule has 0 atom stereocenters. The van der Waals surface area contributed by atoms with Crippen LogP contribution in [0.1, 0.15) is 171 Å². The first kappa shape index (κ1) is 113. The standard InChI is InChI=1S/2C28H28N.C21H20N.C18H14N.2C12H10N.C11H20O2.C5H8O2.4Ir/c2*1-18(2)12-24-17-28(25-14-20(4)13-21(5)15-25)29-27-11-10-23(16-26(24)27)22-8-6-19(3)7-9-22;1-16(2)14-17-8-10-18(11-9-17)20-12-13-22-21(15-20)19-6-4-3-5-7-19;1-14-10-11-18(19-13-14)17-9-5-8-16(12-17)15-6-3-2-4-7-15;2*1-10-7-8-12(13-9-10)11-5-3-2-4-6-11;1-8(2)5-10(12)7-11(13)6-9(3)4;1-4(6)3-5(2)7;;;;/h2*6-11,13-14,16-18H,12H2,1-5H3;3-6,8-13,15-16H,14H2,1-2H3;2-8,10-13H,1H3;2*2-5,7-9H,1H3;7-9,12H,5-6H2,1-4H3;3,6H,1-2H3;;;;/q6*-1;;;;;;/i;;;2*1D3;;;;;;;. The van der Waals surface area contributed by atoms with Gasteiger partial charge in [0.15, 0.2) is 11.6 Å². The zero-order chi connectivity index (χ0) is 109. The predicted octanol–water partition coefficient (Wildman–Crippen LogP) is 34.8. The summed E-state index contributed by atoms with van der Waals surface area (Å²) in [6.07, 6.45) is 13.4. The van der Waals surface area contributed by atoms with E-state index in [0.717, 1.165) is 114 Å². The first-order valence-corrected chi connectivity index (χ1v) is 49.7. The summed E-state index contributed by atoms with van der Waals surface area (Å²) in [5, 5.41) is 20.2. The van der Waals surface area contributed by atoms with Gasteiger partial charge in [0.2, 0.25) is 0 Å². The number of carbonyl (C=O) groups is 2. The molecule has 0 spiro atoms. The SMILES string of the molecule is CC(=O)C=C(C)O.CC(C)CC(=O)C=C(O)CC(C)C.CC(C)Cc1ccc(-c2ccnc(-c3[c-]cccc3)c2)cc1.Cc1[c-]c(-c2cc(CC(C)C)c3cc(-c4ccc(C)cc4)ccc3n2)cc(C)c1.Cc1[c-]c(-c2cc(CC(C)C)c3cc(-c4ccc(C)cc4)ccc3n2)cc(C)c1.Cc1ccc(-c2[c-]cccc2)nc1.[2H]C([2H])([2H])c1ccc(-c2[c-]ccc(-c3ccccc3)c2)nc1.[2H]C([2H])([2H])c1ccc(-c2[c-]cccc2)nc1.[Ir].[Ir].[Ir].[Ir]. The largest absolute Gasteiger partial charge is 0.512 e. The number of hydrogen-bond acceptors (Lipinski definition) is 10. The quantitative estimate of drug-likeness (QED) is 0.0381. The number of allylic oxidation sites excluding steroid dienone is 4. The first-order chi connectivity index (χ1) is 72.0. The molecule has 0 bridgehead atoms. The van der Waals surface area contributed by atoms with Crippen molar-refractivity contribution in [2.24, 2.45) is 29.6 Å². The molecule has 4 radical (unpaired) electrons. The number of fused-ring (bicyclic) bond motifs is 2. The van der Waals surface area contributed by atoms with E-state index in [2.05, 4.69) is 303 Å². The van der Waals surface area contributed by atoms with Gasteiger partial charge in [0.1, 0.15) is 0 Å². The maximum absolute atomic E-state index is 11.2. The van der Waals surface area contributed by atoms with Crippen LogP contribution in [0.4, 0.5) is 0 Å². The van der Waals surface area contributed by atoms with Crippen LogP contribution in [0.25, 0.3) is 134 Å². The van der Waals surface area contributed by atoms with Crippen molar-refractivity contribution in [2.45, 2.75) is 177 Å². The molecule has 0 unspecified atom stereocenters. The number of hydrogen-bond donors (Lipinski definition) is 2. The Morgan fingerprint density at radius 3 is 1.08 bits per heavy atom. The molecular formula is C135H138Ir4N6O4-6. The number of benzene rings is 12. The van der Waals surface area contributed by atoms with Crippen LogP contribution in [-0.4, -0.2) is 51.7 Å². The number of rotatable bonds is 22. The molecule has 0 aliphatic heterocycles. The van der Waals surface area contributed by atoms with Gasteiger partial charge in [-0.2, -0.15) is 0 Å². The Labute approximate surface area is 949 Å². The maximum atomic E-state index is 11.2. The number of ketones is 2. The summed E-state index contributed by atoms with van der Waals surface area (Å²) < 4.78 is 43.8. The van der Waals surface area contributed by atoms with Crippen molar-refractivity contribution in [3.63, 3.8) is 0 Å². The van der Waals surface area contributed by atoms with Crippen molar-refractivity contribution < 1.29 is 108 Å². The van der Waals surface area contributed by atoms with Crippen molar-refractivity contribution in [3.8, 4) is 112 Å². The molecule has 149 heavy (non-hydrogen) atoms. The third-order valence-corrected chi connectivity index (χ3v) is 22.9. The van der Waals surface area contributed by atoms with E-state index in [0.29, 0.717) is 48.1 Å². The van der Waals surface area contributed by atoms with Gasteiger partial charge in [-0.3, -0.25) is 19.6 Å². The maximum Gasteiger partial charge on any atom is 0.159 e. The monoisotopic (exact) mass is 2680 g/mol. The molecule has 2 N–H and O–H groups in total. The van der Waals surface area contributed by atoms with E-state index in [1.807, 2.05) is 168 Å². The fourth-order valence-electron chi connectivity index (χ4n) is 16.3. The number of nitrogens with zero attached hydrogens (tertiary/aromatic N) is 6. The molecule has 0 saturated heterocycles. The van der Waals surface area contributed by atoms with Gasteiger partial charge in [0.25, 0.3) is 0 Å². The first-order valence-electron chi connectivity index (χ1n) is 52.7. The normalized spacial score (nSPS) is 11.5. The van der Waals surface area contributed by atoms with Gasteiger partial charge in [0, 0.05) is 149 Å². The Balaban J connectivity index is 0.000000244. The molecule has 0 aliphatic carbocycles. The molecule has 10 nitrogen and oxygen atoms in total. The summed E-state index contributed by atoms with van der Waals surface area (Å²) in [5.74, 6) is 2.77. The number of aliphatic hydroxyl groups excluding tert-OH is 2. The molecule has 774 valence electrons. The van der Waals surface area contributed by atoms with E-state index >= 15 is 0 Å². The van der Waals surface area contributed by atoms with E-state index in [4.69, 9.17) is 23.3 Å². The van der Waals surface area contributed by atoms with Crippen LogP contribution in [0.15, 0.2) is 364 Å². The average molecular weight is 2680 g/mol. The Morgan fingerprint density at radius 2 is 0.698 bits per heavy atom. The van der Waals surface area contributed by atoms with Gasteiger partial charge < -0.3 is 30.1 Å². The molecule has 18 rings (SSSR count). The van der Waals surface area contributed by atoms with E-state index in [9.17, 15) is 14.7 Å². The average Bonchev–Trinajstić information content (AvgIpc) is 0.781. The van der Waals surface area contributed by atoms with E-state index < -0.39 is 13.7 Å². The molecule has 0 amide bonds. The fraction of sp³-hybridized carbons (Fsp3) is 0.230. The zero-order valence-electron chi connectivity index (χ0n) is 94.6. The van der Waals surface area contributed by atoms with Crippen molar-refractivity contribution >= 4 is 33.4 Å². The Morgan fingerprint density at radius 1 is 0.315 bits per heavy atom. The topological polar surface area (TPSA) is 152 Å². The van der Waals surface area contributed by atoms with E-state index in [-0.39, 0.29) is 115 Å². The minimum atomic E-state index is -2.12. The second kappa shape index (κ2) is 62.5.